The van der Waals surface area contributed by atoms with E-state index >= 15 is 0 Å². The first-order valence-corrected chi connectivity index (χ1v) is 7.82. The van der Waals surface area contributed by atoms with Gasteiger partial charge in [0.15, 0.2) is 0 Å². The molecule has 25 heavy (non-hydrogen) atoms. The number of aromatic carboxylic acids is 1. The van der Waals surface area contributed by atoms with Crippen molar-refractivity contribution < 1.29 is 29.6 Å². The van der Waals surface area contributed by atoms with Crippen molar-refractivity contribution in [2.24, 2.45) is 5.41 Å². The molecule has 1 atom stereocenters. The van der Waals surface area contributed by atoms with Crippen LogP contribution in [0.15, 0.2) is 36.4 Å². The van der Waals surface area contributed by atoms with Crippen LogP contribution >= 0.6 is 0 Å². The summed E-state index contributed by atoms with van der Waals surface area (Å²) in [6, 6.07) is 8.53. The molecule has 3 N–H and O–H groups in total. The summed E-state index contributed by atoms with van der Waals surface area (Å²) in [5.41, 5.74) is 1.20. The third-order valence-corrected chi connectivity index (χ3v) is 4.50. The lowest BCUT2D eigenvalue weighted by atomic mass is 9.88. The zero-order chi connectivity index (χ0) is 18.2. The van der Waals surface area contributed by atoms with Gasteiger partial charge in [-0.1, -0.05) is 6.92 Å². The van der Waals surface area contributed by atoms with Gasteiger partial charge in [-0.15, -0.1) is 0 Å². The molecule has 0 saturated carbocycles. The smallest absolute Gasteiger partial charge is 0.338 e. The van der Waals surface area contributed by atoms with Gasteiger partial charge in [0.05, 0.1) is 17.7 Å². The number of carbonyl (C=O) groups is 2. The Morgan fingerprint density at radius 2 is 1.68 bits per heavy atom. The van der Waals surface area contributed by atoms with Gasteiger partial charge in [0, 0.05) is 5.41 Å². The molecule has 0 heterocycles. The Morgan fingerprint density at radius 3 is 2.32 bits per heavy atom. The highest BCUT2D eigenvalue weighted by molar-refractivity contribution is 5.91. The molecular formula is C19H18O6. The van der Waals surface area contributed by atoms with Crippen molar-refractivity contribution in [2.45, 2.75) is 19.8 Å². The lowest BCUT2D eigenvalue weighted by Gasteiger charge is -2.23. The van der Waals surface area contributed by atoms with Crippen molar-refractivity contribution >= 4 is 11.9 Å². The highest BCUT2D eigenvalue weighted by Crippen LogP contribution is 2.42. The van der Waals surface area contributed by atoms with E-state index in [1.165, 1.54) is 36.4 Å². The molecule has 130 valence electrons. The first-order chi connectivity index (χ1) is 11.8. The number of esters is 1. The van der Waals surface area contributed by atoms with Gasteiger partial charge in [-0.25, -0.2) is 9.59 Å². The lowest BCUT2D eigenvalue weighted by Crippen LogP contribution is -2.26. The number of phenolic OH excluding ortho intramolecular Hbond substituents is 2. The third-order valence-electron chi connectivity index (χ3n) is 4.50. The Hall–Kier alpha value is -3.02. The number of ether oxygens (including phenoxy) is 1. The van der Waals surface area contributed by atoms with Gasteiger partial charge in [0.1, 0.15) is 11.5 Å². The summed E-state index contributed by atoms with van der Waals surface area (Å²) in [4.78, 5) is 23.5. The number of carboxylic acids is 1. The van der Waals surface area contributed by atoms with E-state index in [2.05, 4.69) is 0 Å². The average Bonchev–Trinajstić information content (AvgIpc) is 2.92. The fourth-order valence-electron chi connectivity index (χ4n) is 3.22. The molecule has 0 aliphatic heterocycles. The number of phenols is 2. The Morgan fingerprint density at radius 1 is 1.04 bits per heavy atom. The molecule has 0 aromatic heterocycles. The number of fused-ring (bicyclic) bond motifs is 1. The standard InChI is InChI=1S/C19H18O6/c1-19(10-25-18(24)11-2-4-12(20)5-3-11)8-14-13(17(22)23)6-7-16(21)15(14)9-19/h2-7,20-21H,8-10H2,1H3,(H,22,23). The number of carboxylic acid groups (broad SMARTS) is 1. The van der Waals surface area contributed by atoms with Crippen molar-refractivity contribution in [3.8, 4) is 11.5 Å². The predicted octanol–water partition coefficient (Wildman–Crippen LogP) is 2.76. The minimum absolute atomic E-state index is 0.0615. The van der Waals surface area contributed by atoms with E-state index in [-0.39, 0.29) is 23.7 Å². The maximum Gasteiger partial charge on any atom is 0.338 e. The molecule has 0 spiro atoms. The molecule has 1 unspecified atom stereocenters. The topological polar surface area (TPSA) is 104 Å². The minimum Gasteiger partial charge on any atom is -0.508 e. The van der Waals surface area contributed by atoms with Gasteiger partial charge in [0.25, 0.3) is 0 Å². The molecule has 0 saturated heterocycles. The van der Waals surface area contributed by atoms with E-state index in [1.807, 2.05) is 6.92 Å². The molecule has 0 radical (unpaired) electrons. The normalized spacial score (nSPS) is 18.6. The molecule has 0 bridgehead atoms. The van der Waals surface area contributed by atoms with Crippen LogP contribution < -0.4 is 0 Å². The van der Waals surface area contributed by atoms with E-state index in [0.29, 0.717) is 29.5 Å². The fourth-order valence-corrected chi connectivity index (χ4v) is 3.22. The van der Waals surface area contributed by atoms with Crippen LogP contribution in [0.1, 0.15) is 38.8 Å². The maximum absolute atomic E-state index is 12.1. The zero-order valence-electron chi connectivity index (χ0n) is 13.7. The van der Waals surface area contributed by atoms with E-state index in [9.17, 15) is 24.9 Å². The highest BCUT2D eigenvalue weighted by atomic mass is 16.5. The van der Waals surface area contributed by atoms with Crippen molar-refractivity contribution in [3.63, 3.8) is 0 Å². The summed E-state index contributed by atoms with van der Waals surface area (Å²) >= 11 is 0. The molecule has 1 aliphatic rings. The number of aromatic hydroxyl groups is 2. The molecule has 6 nitrogen and oxygen atoms in total. The Kier molecular flexibility index (Phi) is 4.12. The second-order valence-electron chi connectivity index (χ2n) is 6.68. The van der Waals surface area contributed by atoms with Crippen LogP contribution in [-0.4, -0.2) is 33.9 Å². The number of carbonyl (C=O) groups excluding carboxylic acids is 1. The van der Waals surface area contributed by atoms with Crippen LogP contribution in [0.4, 0.5) is 0 Å². The molecule has 1 aliphatic carbocycles. The van der Waals surface area contributed by atoms with E-state index in [1.54, 1.807) is 0 Å². The molecule has 3 rings (SSSR count). The largest absolute Gasteiger partial charge is 0.508 e. The summed E-state index contributed by atoms with van der Waals surface area (Å²) in [7, 11) is 0. The van der Waals surface area contributed by atoms with Crippen molar-refractivity contribution in [2.75, 3.05) is 6.61 Å². The van der Waals surface area contributed by atoms with Gasteiger partial charge in [0.2, 0.25) is 0 Å². The van der Waals surface area contributed by atoms with E-state index < -0.39 is 17.4 Å². The third kappa shape index (κ3) is 3.28. The van der Waals surface area contributed by atoms with Crippen LogP contribution in [0.5, 0.6) is 11.5 Å². The van der Waals surface area contributed by atoms with E-state index in [4.69, 9.17) is 4.74 Å². The summed E-state index contributed by atoms with van der Waals surface area (Å²) in [6.45, 7) is 1.99. The molecule has 2 aromatic rings. The quantitative estimate of drug-likeness (QED) is 0.738. The zero-order valence-corrected chi connectivity index (χ0v) is 13.7. The van der Waals surface area contributed by atoms with Crippen LogP contribution in [0.25, 0.3) is 0 Å². The number of rotatable bonds is 4. The number of hydrogen-bond donors (Lipinski definition) is 3. The summed E-state index contributed by atoms with van der Waals surface area (Å²) in [5, 5.41) is 28.6. The van der Waals surface area contributed by atoms with Gasteiger partial charge >= 0.3 is 11.9 Å². The Labute approximate surface area is 144 Å². The molecule has 6 heteroatoms. The first kappa shape index (κ1) is 16.8. The molecule has 2 aromatic carbocycles. The summed E-state index contributed by atoms with van der Waals surface area (Å²) in [5.74, 6) is -1.43. The first-order valence-electron chi connectivity index (χ1n) is 7.82. The van der Waals surface area contributed by atoms with Crippen LogP contribution in [0, 0.1) is 5.41 Å². The van der Waals surface area contributed by atoms with E-state index in [0.717, 1.165) is 0 Å². The number of benzene rings is 2. The fraction of sp³-hybridized carbons (Fsp3) is 0.263. The highest BCUT2D eigenvalue weighted by Gasteiger charge is 2.38. The van der Waals surface area contributed by atoms with Crippen molar-refractivity contribution in [1.82, 2.24) is 0 Å². The second kappa shape index (κ2) is 6.12. The monoisotopic (exact) mass is 342 g/mol. The average molecular weight is 342 g/mol. The lowest BCUT2D eigenvalue weighted by molar-refractivity contribution is 0.0327. The van der Waals surface area contributed by atoms with Crippen LogP contribution in [0.2, 0.25) is 0 Å². The predicted molar refractivity (Wildman–Crippen MR) is 89.0 cm³/mol. The Bertz CT molecular complexity index is 840. The van der Waals surface area contributed by atoms with Gasteiger partial charge in [-0.3, -0.25) is 0 Å². The minimum atomic E-state index is -1.04. The maximum atomic E-state index is 12.1. The number of hydrogen-bond acceptors (Lipinski definition) is 5. The molecular weight excluding hydrogens is 324 g/mol. The SMILES string of the molecule is CC1(COC(=O)c2ccc(O)cc2)Cc2c(O)ccc(C(=O)O)c2C1. The summed E-state index contributed by atoms with van der Waals surface area (Å²) < 4.78 is 5.38. The van der Waals surface area contributed by atoms with Gasteiger partial charge in [-0.05, 0) is 60.4 Å². The van der Waals surface area contributed by atoms with Crippen molar-refractivity contribution in [1.29, 1.82) is 0 Å². The van der Waals surface area contributed by atoms with Crippen LogP contribution in [0.3, 0.4) is 0 Å². The van der Waals surface area contributed by atoms with Crippen LogP contribution in [-0.2, 0) is 17.6 Å². The second-order valence-corrected chi connectivity index (χ2v) is 6.68. The Balaban J connectivity index is 1.75. The van der Waals surface area contributed by atoms with Gasteiger partial charge in [-0.2, -0.15) is 0 Å². The van der Waals surface area contributed by atoms with Gasteiger partial charge < -0.3 is 20.1 Å². The molecule has 0 amide bonds. The molecule has 0 fully saturated rings. The van der Waals surface area contributed by atoms with Crippen molar-refractivity contribution in [3.05, 3.63) is 58.7 Å². The summed E-state index contributed by atoms with van der Waals surface area (Å²) in [6.07, 6.45) is 0.833.